The number of ether oxygens (including phenoxy) is 2. The van der Waals surface area contributed by atoms with Crippen LogP contribution in [-0.4, -0.2) is 14.2 Å². The topological polar surface area (TPSA) is 114 Å². The van der Waals surface area contributed by atoms with Gasteiger partial charge in [0, 0.05) is 17.4 Å². The van der Waals surface area contributed by atoms with Gasteiger partial charge in [-0.05, 0) is 69.3 Å². The summed E-state index contributed by atoms with van der Waals surface area (Å²) in [7, 11) is 3.17. The lowest BCUT2D eigenvalue weighted by atomic mass is 9.79. The lowest BCUT2D eigenvalue weighted by Gasteiger charge is -2.23. The van der Waals surface area contributed by atoms with Gasteiger partial charge in [0.15, 0.2) is 0 Å². The van der Waals surface area contributed by atoms with Crippen LogP contribution in [0.5, 0.6) is 11.5 Å². The van der Waals surface area contributed by atoms with Crippen LogP contribution >= 0.6 is 0 Å². The van der Waals surface area contributed by atoms with Gasteiger partial charge < -0.3 is 9.47 Å². The summed E-state index contributed by atoms with van der Waals surface area (Å²) >= 11 is 0. The number of methoxy groups -OCH3 is 2. The van der Waals surface area contributed by atoms with Crippen molar-refractivity contribution in [1.29, 1.82) is 21.0 Å². The molecule has 0 aliphatic heterocycles. The maximum Gasteiger partial charge on any atom is 0.138 e. The number of rotatable bonds is 2. The first-order valence-electron chi connectivity index (χ1n) is 10.5. The zero-order chi connectivity index (χ0) is 24.0. The minimum atomic E-state index is -0.249. The molecule has 5 rings (SSSR count). The number of nitrogens with zero attached hydrogens (tertiary/aromatic N) is 4. The van der Waals surface area contributed by atoms with Crippen molar-refractivity contribution in [2.24, 2.45) is 5.92 Å². The summed E-state index contributed by atoms with van der Waals surface area (Å²) in [5.41, 5.74) is 6.45. The smallest absolute Gasteiger partial charge is 0.138 e. The number of hydrogen-bond acceptors (Lipinski definition) is 6. The van der Waals surface area contributed by atoms with Crippen LogP contribution in [-0.2, 0) is 0 Å². The monoisotopic (exact) mass is 440 g/mol. The summed E-state index contributed by atoms with van der Waals surface area (Å²) < 4.78 is 10.9. The molecule has 0 amide bonds. The summed E-state index contributed by atoms with van der Waals surface area (Å²) in [6, 6.07) is 19.4. The predicted octanol–water partition coefficient (Wildman–Crippen LogP) is 5.06. The van der Waals surface area contributed by atoms with E-state index >= 15 is 0 Å². The van der Waals surface area contributed by atoms with E-state index in [1.54, 1.807) is 20.3 Å². The third kappa shape index (κ3) is 2.77. The van der Waals surface area contributed by atoms with Crippen LogP contribution < -0.4 is 9.47 Å². The Kier molecular flexibility index (Phi) is 4.80. The molecule has 2 aromatic carbocycles. The molecule has 2 aromatic rings. The van der Waals surface area contributed by atoms with Crippen molar-refractivity contribution >= 4 is 16.7 Å². The van der Waals surface area contributed by atoms with Gasteiger partial charge in [0.2, 0.25) is 0 Å². The maximum absolute atomic E-state index is 9.71. The Hall–Kier alpha value is -5.04. The third-order valence-corrected chi connectivity index (χ3v) is 6.63. The minimum Gasteiger partial charge on any atom is -0.497 e. The van der Waals surface area contributed by atoms with Crippen molar-refractivity contribution in [1.82, 2.24) is 0 Å². The molecule has 0 fully saturated rings. The average molecular weight is 440 g/mol. The molecule has 0 spiro atoms. The average Bonchev–Trinajstić information content (AvgIpc) is 3.36. The van der Waals surface area contributed by atoms with Gasteiger partial charge in [-0.1, -0.05) is 18.2 Å². The SMILES string of the molecule is COc1ccc2c(c1)C1=CC3C(=C(C#N)C#N)c4ccc(OC)cc4C3C=C1C2=C(C#N)C#N. The van der Waals surface area contributed by atoms with Crippen LogP contribution in [0.25, 0.3) is 16.7 Å². The van der Waals surface area contributed by atoms with E-state index in [0.717, 1.165) is 33.4 Å². The fraction of sp³-hybridized carbons (Fsp3) is 0.143. The summed E-state index contributed by atoms with van der Waals surface area (Å²) in [6.45, 7) is 0. The predicted molar refractivity (Wildman–Crippen MR) is 125 cm³/mol. The van der Waals surface area contributed by atoms with Gasteiger partial charge in [-0.2, -0.15) is 21.0 Å². The molecule has 0 radical (unpaired) electrons. The molecule has 0 bridgehead atoms. The van der Waals surface area contributed by atoms with Crippen molar-refractivity contribution in [3.8, 4) is 35.8 Å². The van der Waals surface area contributed by atoms with Crippen molar-refractivity contribution in [3.63, 3.8) is 0 Å². The van der Waals surface area contributed by atoms with Gasteiger partial charge in [0.05, 0.1) is 14.2 Å². The molecular weight excluding hydrogens is 424 g/mol. The van der Waals surface area contributed by atoms with Crippen molar-refractivity contribution in [3.05, 3.63) is 87.5 Å². The normalized spacial score (nSPS) is 18.4. The second kappa shape index (κ2) is 7.83. The molecule has 0 N–H and O–H groups in total. The van der Waals surface area contributed by atoms with E-state index in [2.05, 4.69) is 12.1 Å². The van der Waals surface area contributed by atoms with Gasteiger partial charge in [-0.15, -0.1) is 0 Å². The van der Waals surface area contributed by atoms with E-state index in [1.807, 2.05) is 54.6 Å². The molecule has 6 nitrogen and oxygen atoms in total. The van der Waals surface area contributed by atoms with E-state index in [0.29, 0.717) is 22.6 Å². The number of allylic oxidation sites excluding steroid dienone is 8. The Labute approximate surface area is 196 Å². The highest BCUT2D eigenvalue weighted by Crippen LogP contribution is 2.58. The molecule has 2 unspecified atom stereocenters. The van der Waals surface area contributed by atoms with E-state index in [9.17, 15) is 21.0 Å². The van der Waals surface area contributed by atoms with E-state index < -0.39 is 0 Å². The highest BCUT2D eigenvalue weighted by atomic mass is 16.5. The van der Waals surface area contributed by atoms with Crippen LogP contribution in [0.1, 0.15) is 28.2 Å². The molecule has 160 valence electrons. The van der Waals surface area contributed by atoms with Gasteiger partial charge in [0.1, 0.15) is 46.9 Å². The molecule has 0 heterocycles. The second-order valence-corrected chi connectivity index (χ2v) is 8.06. The van der Waals surface area contributed by atoms with Gasteiger partial charge in [0.25, 0.3) is 0 Å². The summed E-state index contributed by atoms with van der Waals surface area (Å²) in [5, 5.41) is 38.8. The van der Waals surface area contributed by atoms with Crippen molar-refractivity contribution in [2.75, 3.05) is 14.2 Å². The lowest BCUT2D eigenvalue weighted by molar-refractivity contribution is 0.414. The first kappa shape index (κ1) is 20.8. The molecule has 3 aliphatic rings. The van der Waals surface area contributed by atoms with Crippen LogP contribution in [0, 0.1) is 51.2 Å². The molecule has 2 atom stereocenters. The lowest BCUT2D eigenvalue weighted by Crippen LogP contribution is -2.09. The quantitative estimate of drug-likeness (QED) is 0.603. The number of benzene rings is 2. The molecule has 0 saturated heterocycles. The fourth-order valence-corrected chi connectivity index (χ4v) is 5.20. The van der Waals surface area contributed by atoms with Crippen molar-refractivity contribution in [2.45, 2.75) is 5.92 Å². The largest absolute Gasteiger partial charge is 0.497 e. The number of fused-ring (bicyclic) bond motifs is 6. The van der Waals surface area contributed by atoms with E-state index in [1.165, 1.54) is 0 Å². The number of nitriles is 4. The minimum absolute atomic E-state index is 0.0360. The Morgan fingerprint density at radius 2 is 1.26 bits per heavy atom. The second-order valence-electron chi connectivity index (χ2n) is 8.06. The molecule has 0 aromatic heterocycles. The Morgan fingerprint density at radius 3 is 1.88 bits per heavy atom. The molecule has 6 heteroatoms. The van der Waals surface area contributed by atoms with Crippen LogP contribution in [0.3, 0.4) is 0 Å². The Balaban J connectivity index is 1.84. The molecule has 0 saturated carbocycles. The molecule has 34 heavy (non-hydrogen) atoms. The summed E-state index contributed by atoms with van der Waals surface area (Å²) in [6.07, 6.45) is 4.10. The zero-order valence-corrected chi connectivity index (χ0v) is 18.4. The highest BCUT2D eigenvalue weighted by Gasteiger charge is 2.42. The zero-order valence-electron chi connectivity index (χ0n) is 18.4. The first-order chi connectivity index (χ1) is 16.6. The van der Waals surface area contributed by atoms with E-state index in [-0.39, 0.29) is 23.0 Å². The highest BCUT2D eigenvalue weighted by molar-refractivity contribution is 6.12. The van der Waals surface area contributed by atoms with Crippen molar-refractivity contribution < 1.29 is 9.47 Å². The molecular formula is C28H16N4O2. The molecule has 3 aliphatic carbocycles. The standard InChI is InChI=1S/C28H16N4O2/c1-33-17-3-5-19-21(7-17)23-9-26-24(10-25(23)27(19)15(11-29)12-30)22-8-18(34-2)4-6-20(22)28(26)16(13-31)14-32/h3-10,23,25H,1-2H3. The Morgan fingerprint density at radius 1 is 0.676 bits per heavy atom. The van der Waals surface area contributed by atoms with Crippen LogP contribution in [0.4, 0.5) is 0 Å². The van der Waals surface area contributed by atoms with E-state index in [4.69, 9.17) is 9.47 Å². The Bertz CT molecular complexity index is 1540. The third-order valence-electron chi connectivity index (χ3n) is 6.63. The first-order valence-corrected chi connectivity index (χ1v) is 10.5. The fourth-order valence-electron chi connectivity index (χ4n) is 5.20. The van der Waals surface area contributed by atoms with Gasteiger partial charge in [-0.25, -0.2) is 0 Å². The van der Waals surface area contributed by atoms with Gasteiger partial charge >= 0.3 is 0 Å². The maximum atomic E-state index is 9.71. The van der Waals surface area contributed by atoms with Crippen LogP contribution in [0.2, 0.25) is 0 Å². The number of hydrogen-bond donors (Lipinski definition) is 0. The summed E-state index contributed by atoms with van der Waals surface area (Å²) in [4.78, 5) is 0. The summed E-state index contributed by atoms with van der Waals surface area (Å²) in [5.74, 6) is 0.900. The van der Waals surface area contributed by atoms with Gasteiger partial charge in [-0.3, -0.25) is 0 Å². The van der Waals surface area contributed by atoms with Crippen LogP contribution in [0.15, 0.2) is 65.3 Å².